The molecule has 1 aliphatic rings. The van der Waals surface area contributed by atoms with Crippen molar-refractivity contribution < 1.29 is 23.2 Å². The zero-order valence-electron chi connectivity index (χ0n) is 14.4. The molecule has 1 aliphatic heterocycles. The van der Waals surface area contributed by atoms with Crippen molar-refractivity contribution >= 4 is 23.5 Å². The summed E-state index contributed by atoms with van der Waals surface area (Å²) in [6, 6.07) is 10.3. The Balaban J connectivity index is 1.44. The van der Waals surface area contributed by atoms with E-state index in [1.807, 2.05) is 12.1 Å². The smallest absolute Gasteiger partial charge is 0.322 e. The lowest BCUT2D eigenvalue weighted by atomic mass is 10.1. The molecule has 1 aromatic carbocycles. The van der Waals surface area contributed by atoms with E-state index in [1.54, 1.807) is 30.2 Å². The van der Waals surface area contributed by atoms with E-state index in [4.69, 9.17) is 13.6 Å². The molecular weight excluding hydrogens is 352 g/mol. The van der Waals surface area contributed by atoms with Crippen LogP contribution in [0.2, 0.25) is 0 Å². The van der Waals surface area contributed by atoms with Gasteiger partial charge in [0, 0.05) is 18.7 Å². The number of rotatable bonds is 5. The maximum Gasteiger partial charge on any atom is 0.322 e. The highest BCUT2D eigenvalue weighted by Gasteiger charge is 2.35. The summed E-state index contributed by atoms with van der Waals surface area (Å²) >= 11 is 0. The zero-order valence-corrected chi connectivity index (χ0v) is 14.4. The summed E-state index contributed by atoms with van der Waals surface area (Å²) < 4.78 is 15.6. The quantitative estimate of drug-likeness (QED) is 0.736. The first-order valence-corrected chi connectivity index (χ1v) is 8.26. The van der Waals surface area contributed by atoms with E-state index in [1.165, 1.54) is 12.3 Å². The van der Waals surface area contributed by atoms with Gasteiger partial charge in [-0.05, 0) is 36.4 Å². The number of furan rings is 1. The normalized spacial score (nSPS) is 16.6. The number of carbonyl (C=O) groups is 2. The summed E-state index contributed by atoms with van der Waals surface area (Å²) in [6.07, 6.45) is 1.64. The minimum Gasteiger partial charge on any atom is -0.497 e. The predicted octanol–water partition coefficient (Wildman–Crippen LogP) is 2.44. The van der Waals surface area contributed by atoms with Crippen LogP contribution in [0.4, 0.5) is 11.7 Å². The Morgan fingerprint density at radius 2 is 2.07 bits per heavy atom. The van der Waals surface area contributed by atoms with Gasteiger partial charge >= 0.3 is 6.01 Å². The van der Waals surface area contributed by atoms with Crippen molar-refractivity contribution in [3.8, 4) is 5.75 Å². The second-order valence-corrected chi connectivity index (χ2v) is 5.98. The third kappa shape index (κ3) is 3.39. The van der Waals surface area contributed by atoms with Gasteiger partial charge in [-0.1, -0.05) is 5.10 Å². The second-order valence-electron chi connectivity index (χ2n) is 5.98. The molecule has 1 N–H and O–H groups in total. The van der Waals surface area contributed by atoms with Crippen molar-refractivity contribution in [2.45, 2.75) is 12.3 Å². The molecule has 1 saturated heterocycles. The highest BCUT2D eigenvalue weighted by atomic mass is 16.5. The van der Waals surface area contributed by atoms with Crippen LogP contribution in [0.5, 0.6) is 5.75 Å². The summed E-state index contributed by atoms with van der Waals surface area (Å²) in [4.78, 5) is 26.0. The van der Waals surface area contributed by atoms with E-state index in [0.29, 0.717) is 12.4 Å². The van der Waals surface area contributed by atoms with Gasteiger partial charge in [0.05, 0.1) is 19.3 Å². The number of amides is 2. The fourth-order valence-corrected chi connectivity index (χ4v) is 2.90. The number of nitrogens with one attached hydrogen (secondary N) is 1. The monoisotopic (exact) mass is 368 g/mol. The van der Waals surface area contributed by atoms with Crippen LogP contribution >= 0.6 is 0 Å². The molecule has 9 nitrogen and oxygen atoms in total. The Morgan fingerprint density at radius 1 is 1.26 bits per heavy atom. The lowest BCUT2D eigenvalue weighted by Gasteiger charge is -2.16. The molecule has 3 aromatic rings. The molecular formula is C18H16N4O5. The predicted molar refractivity (Wildman–Crippen MR) is 93.7 cm³/mol. The molecule has 0 aliphatic carbocycles. The first-order valence-electron chi connectivity index (χ1n) is 8.26. The van der Waals surface area contributed by atoms with Crippen LogP contribution in [0.1, 0.15) is 28.8 Å². The van der Waals surface area contributed by atoms with E-state index in [9.17, 15) is 9.59 Å². The number of anilines is 2. The Kier molecular flexibility index (Phi) is 4.33. The number of hydrogen-bond donors (Lipinski definition) is 1. The summed E-state index contributed by atoms with van der Waals surface area (Å²) in [7, 11) is 1.59. The summed E-state index contributed by atoms with van der Waals surface area (Å²) in [5.74, 6) is 0.379. The van der Waals surface area contributed by atoms with Crippen molar-refractivity contribution in [3.05, 3.63) is 54.3 Å². The number of carbonyl (C=O) groups excluding carboxylic acids is 2. The molecule has 27 heavy (non-hydrogen) atoms. The molecule has 0 bridgehead atoms. The first kappa shape index (κ1) is 16.8. The third-order valence-electron chi connectivity index (χ3n) is 4.26. The zero-order chi connectivity index (χ0) is 18.8. The Hall–Kier alpha value is -3.62. The van der Waals surface area contributed by atoms with E-state index in [0.717, 1.165) is 11.4 Å². The largest absolute Gasteiger partial charge is 0.497 e. The van der Waals surface area contributed by atoms with Crippen LogP contribution in [0.3, 0.4) is 0 Å². The van der Waals surface area contributed by atoms with E-state index in [2.05, 4.69) is 15.5 Å². The average Bonchev–Trinajstić information content (AvgIpc) is 3.42. The minimum absolute atomic E-state index is 0.0375. The van der Waals surface area contributed by atoms with Crippen LogP contribution in [0, 0.1) is 0 Å². The molecule has 1 fully saturated rings. The molecule has 0 radical (unpaired) electrons. The van der Waals surface area contributed by atoms with E-state index in [-0.39, 0.29) is 30.0 Å². The van der Waals surface area contributed by atoms with Gasteiger partial charge in [-0.3, -0.25) is 14.9 Å². The molecule has 0 spiro atoms. The van der Waals surface area contributed by atoms with Gasteiger partial charge in [0.15, 0.2) is 5.76 Å². The molecule has 3 heterocycles. The highest BCUT2D eigenvalue weighted by molar-refractivity contribution is 6.00. The molecule has 4 rings (SSSR count). The van der Waals surface area contributed by atoms with Crippen LogP contribution in [0.15, 0.2) is 51.5 Å². The van der Waals surface area contributed by atoms with Gasteiger partial charge in [0.25, 0.3) is 5.91 Å². The summed E-state index contributed by atoms with van der Waals surface area (Å²) in [5.41, 5.74) is 0.772. The van der Waals surface area contributed by atoms with Crippen LogP contribution < -0.4 is 15.0 Å². The van der Waals surface area contributed by atoms with Crippen molar-refractivity contribution in [2.24, 2.45) is 0 Å². The number of ether oxygens (including phenoxy) is 1. The average molecular weight is 368 g/mol. The van der Waals surface area contributed by atoms with Crippen molar-refractivity contribution in [1.29, 1.82) is 0 Å². The standard InChI is InChI=1S/C18H16N4O5/c1-25-13-6-4-12(5-7-13)22-10-11(9-15(22)23)17-20-21-18(27-17)19-16(24)14-3-2-8-26-14/h2-8,11H,9-10H2,1H3,(H,19,21,24)/t11-/m1/s1. The summed E-state index contributed by atoms with van der Waals surface area (Å²) in [5, 5.41) is 10.3. The number of hydrogen-bond acceptors (Lipinski definition) is 7. The maximum absolute atomic E-state index is 12.4. The van der Waals surface area contributed by atoms with Crippen molar-refractivity contribution in [2.75, 3.05) is 23.9 Å². The van der Waals surface area contributed by atoms with Gasteiger partial charge in [0.1, 0.15) is 5.75 Å². The van der Waals surface area contributed by atoms with Crippen molar-refractivity contribution in [3.63, 3.8) is 0 Å². The molecule has 138 valence electrons. The van der Waals surface area contributed by atoms with Gasteiger partial charge in [0.2, 0.25) is 11.8 Å². The molecule has 0 unspecified atom stereocenters. The Labute approximate surface area is 153 Å². The fraction of sp³-hybridized carbons (Fsp3) is 0.222. The molecule has 2 aromatic heterocycles. The van der Waals surface area contributed by atoms with Gasteiger partial charge in [-0.25, -0.2) is 0 Å². The van der Waals surface area contributed by atoms with Crippen LogP contribution in [-0.4, -0.2) is 35.7 Å². The van der Waals surface area contributed by atoms with Crippen LogP contribution in [-0.2, 0) is 4.79 Å². The number of aromatic nitrogens is 2. The number of methoxy groups -OCH3 is 1. The Bertz CT molecular complexity index is 949. The van der Waals surface area contributed by atoms with Gasteiger partial charge < -0.3 is 18.5 Å². The van der Waals surface area contributed by atoms with E-state index < -0.39 is 5.91 Å². The molecule has 9 heteroatoms. The first-order chi connectivity index (χ1) is 13.1. The molecule has 2 amide bonds. The fourth-order valence-electron chi connectivity index (χ4n) is 2.90. The molecule has 1 atom stereocenters. The maximum atomic E-state index is 12.4. The topological polar surface area (TPSA) is 111 Å². The Morgan fingerprint density at radius 3 is 2.78 bits per heavy atom. The molecule has 0 saturated carbocycles. The van der Waals surface area contributed by atoms with Crippen LogP contribution in [0.25, 0.3) is 0 Å². The van der Waals surface area contributed by atoms with Gasteiger partial charge in [-0.15, -0.1) is 5.10 Å². The van der Waals surface area contributed by atoms with Crippen molar-refractivity contribution in [1.82, 2.24) is 10.2 Å². The van der Waals surface area contributed by atoms with Gasteiger partial charge in [-0.2, -0.15) is 0 Å². The lowest BCUT2D eigenvalue weighted by molar-refractivity contribution is -0.117. The SMILES string of the molecule is COc1ccc(N2C[C@H](c3nnc(NC(=O)c4ccco4)o3)CC2=O)cc1. The third-order valence-corrected chi connectivity index (χ3v) is 4.26. The minimum atomic E-state index is -0.488. The number of nitrogens with zero attached hydrogens (tertiary/aromatic N) is 3. The summed E-state index contributed by atoms with van der Waals surface area (Å²) in [6.45, 7) is 0.416. The van der Waals surface area contributed by atoms with E-state index >= 15 is 0 Å². The lowest BCUT2D eigenvalue weighted by Crippen LogP contribution is -2.24. The highest BCUT2D eigenvalue weighted by Crippen LogP contribution is 2.32. The number of benzene rings is 1. The second kappa shape index (κ2) is 6.94.